The second kappa shape index (κ2) is 7.64. The molecule has 0 fully saturated rings. The van der Waals surface area contributed by atoms with Crippen LogP contribution in [-0.4, -0.2) is 4.57 Å². The lowest BCUT2D eigenvalue weighted by molar-refractivity contribution is 0.627. The number of hydrogen-bond acceptors (Lipinski definition) is 4. The van der Waals surface area contributed by atoms with E-state index < -0.39 is 5.82 Å². The molecule has 0 unspecified atom stereocenters. The van der Waals surface area contributed by atoms with Gasteiger partial charge in [0, 0.05) is 0 Å². The number of aryl methyl sites for hydroxylation is 3. The van der Waals surface area contributed by atoms with Crippen LogP contribution < -0.4 is 14.8 Å². The highest BCUT2D eigenvalue weighted by atomic mass is 32.1. The van der Waals surface area contributed by atoms with Gasteiger partial charge in [0.1, 0.15) is 22.6 Å². The SMILES string of the molecule is Cc1cc(C)c(/C=c2\sc(=C(C#N)C#N)n(-c3ccc(F)cc3)c2=O)c(C)c1. The molecule has 4 nitrogen and oxygen atoms in total. The van der Waals surface area contributed by atoms with Gasteiger partial charge in [-0.3, -0.25) is 9.36 Å². The normalized spacial score (nSPS) is 11.1. The first-order valence-corrected chi connectivity index (χ1v) is 9.29. The summed E-state index contributed by atoms with van der Waals surface area (Å²) in [5.74, 6) is -0.434. The van der Waals surface area contributed by atoms with Crippen molar-refractivity contribution in [2.45, 2.75) is 20.8 Å². The minimum absolute atomic E-state index is 0.163. The first-order chi connectivity index (χ1) is 13.3. The Kier molecular flexibility index (Phi) is 5.26. The summed E-state index contributed by atoms with van der Waals surface area (Å²) in [6.45, 7) is 5.96. The Balaban J connectivity index is 2.42. The van der Waals surface area contributed by atoms with Gasteiger partial charge in [0.15, 0.2) is 5.57 Å². The van der Waals surface area contributed by atoms with Crippen molar-refractivity contribution in [2.75, 3.05) is 0 Å². The van der Waals surface area contributed by atoms with Crippen LogP contribution in [0.5, 0.6) is 0 Å². The number of nitriles is 2. The third kappa shape index (κ3) is 3.51. The smallest absolute Gasteiger partial charge is 0.267 e. The maximum atomic E-state index is 13.3. The van der Waals surface area contributed by atoms with Crippen LogP contribution in [0, 0.1) is 49.3 Å². The van der Waals surface area contributed by atoms with Crippen molar-refractivity contribution in [1.82, 2.24) is 4.57 Å². The van der Waals surface area contributed by atoms with Crippen molar-refractivity contribution in [1.29, 1.82) is 10.5 Å². The van der Waals surface area contributed by atoms with Crippen LogP contribution in [0.3, 0.4) is 0 Å². The van der Waals surface area contributed by atoms with E-state index >= 15 is 0 Å². The maximum absolute atomic E-state index is 13.3. The van der Waals surface area contributed by atoms with Gasteiger partial charge in [0.05, 0.1) is 10.2 Å². The maximum Gasteiger partial charge on any atom is 0.273 e. The van der Waals surface area contributed by atoms with Crippen LogP contribution in [0.15, 0.2) is 41.2 Å². The lowest BCUT2D eigenvalue weighted by Gasteiger charge is -2.06. The van der Waals surface area contributed by atoms with Crippen LogP contribution in [-0.2, 0) is 0 Å². The fourth-order valence-electron chi connectivity index (χ4n) is 3.15. The molecule has 0 amide bonds. The lowest BCUT2D eigenvalue weighted by atomic mass is 10.00. The van der Waals surface area contributed by atoms with Gasteiger partial charge >= 0.3 is 0 Å². The molecule has 6 heteroatoms. The molecule has 0 atom stereocenters. The van der Waals surface area contributed by atoms with Crippen LogP contribution >= 0.6 is 11.3 Å². The fraction of sp³-hybridized carbons (Fsp3) is 0.136. The Hall–Kier alpha value is -3.48. The summed E-state index contributed by atoms with van der Waals surface area (Å²) in [6.07, 6.45) is 1.78. The average Bonchev–Trinajstić information content (AvgIpc) is 2.96. The molecule has 1 aromatic heterocycles. The van der Waals surface area contributed by atoms with Gasteiger partial charge < -0.3 is 0 Å². The largest absolute Gasteiger partial charge is 0.273 e. The number of nitrogens with zero attached hydrogens (tertiary/aromatic N) is 3. The lowest BCUT2D eigenvalue weighted by Crippen LogP contribution is -2.30. The first-order valence-electron chi connectivity index (χ1n) is 8.47. The molecule has 2 aromatic carbocycles. The van der Waals surface area contributed by atoms with E-state index in [9.17, 15) is 19.7 Å². The van der Waals surface area contributed by atoms with Crippen LogP contribution in [0.25, 0.3) is 17.3 Å². The molecule has 0 radical (unpaired) electrons. The summed E-state index contributed by atoms with van der Waals surface area (Å²) in [7, 11) is 0. The van der Waals surface area contributed by atoms with Gasteiger partial charge in [0.2, 0.25) is 0 Å². The Bertz CT molecular complexity index is 1290. The molecule has 0 saturated heterocycles. The average molecular weight is 389 g/mol. The Morgan fingerprint density at radius 2 is 1.64 bits per heavy atom. The van der Waals surface area contributed by atoms with E-state index in [2.05, 4.69) is 0 Å². The van der Waals surface area contributed by atoms with E-state index in [4.69, 9.17) is 0 Å². The standard InChI is InChI=1S/C22H16FN3OS/c1-13-8-14(2)19(15(3)9-13)10-20-21(27)26(18-6-4-17(23)5-7-18)22(28-20)16(11-24)12-25/h4-10H,1-3H3/b20-10-. The van der Waals surface area contributed by atoms with Gasteiger partial charge in [0.25, 0.3) is 5.56 Å². The van der Waals surface area contributed by atoms with Crippen molar-refractivity contribution in [3.05, 3.63) is 84.0 Å². The number of halogens is 1. The molecular formula is C22H16FN3OS. The number of hydrogen-bond donors (Lipinski definition) is 0. The Morgan fingerprint density at radius 3 is 2.18 bits per heavy atom. The molecule has 3 aromatic rings. The van der Waals surface area contributed by atoms with Gasteiger partial charge in [-0.15, -0.1) is 11.3 Å². The second-order valence-electron chi connectivity index (χ2n) is 6.44. The minimum Gasteiger partial charge on any atom is -0.267 e. The highest BCUT2D eigenvalue weighted by molar-refractivity contribution is 7.07. The first kappa shape index (κ1) is 19.3. The zero-order valence-corrected chi connectivity index (χ0v) is 16.4. The van der Waals surface area contributed by atoms with Crippen molar-refractivity contribution < 1.29 is 4.39 Å². The predicted molar refractivity (Wildman–Crippen MR) is 108 cm³/mol. The zero-order valence-electron chi connectivity index (χ0n) is 15.6. The molecule has 0 aliphatic heterocycles. The zero-order chi connectivity index (χ0) is 20.4. The number of benzene rings is 2. The van der Waals surface area contributed by atoms with E-state index in [0.717, 1.165) is 33.6 Å². The molecule has 3 rings (SSSR count). The number of thiazole rings is 1. The Labute approximate surface area is 165 Å². The van der Waals surface area contributed by atoms with Crippen molar-refractivity contribution in [3.63, 3.8) is 0 Å². The molecule has 28 heavy (non-hydrogen) atoms. The van der Waals surface area contributed by atoms with Crippen molar-refractivity contribution in [2.24, 2.45) is 0 Å². The van der Waals surface area contributed by atoms with Gasteiger partial charge in [-0.05, 0) is 67.8 Å². The molecule has 0 saturated carbocycles. The summed E-state index contributed by atoms with van der Waals surface area (Å²) >= 11 is 1.08. The Morgan fingerprint density at radius 1 is 1.07 bits per heavy atom. The van der Waals surface area contributed by atoms with Crippen LogP contribution in [0.2, 0.25) is 0 Å². The third-order valence-corrected chi connectivity index (χ3v) is 5.45. The van der Waals surface area contributed by atoms with Crippen molar-refractivity contribution >= 4 is 23.0 Å². The summed E-state index contributed by atoms with van der Waals surface area (Å²) < 4.78 is 15.2. The molecule has 0 spiro atoms. The molecular weight excluding hydrogens is 373 g/mol. The molecule has 138 valence electrons. The van der Waals surface area contributed by atoms with Crippen molar-refractivity contribution in [3.8, 4) is 17.8 Å². The van der Waals surface area contributed by atoms with Gasteiger partial charge in [-0.2, -0.15) is 10.5 Å². The summed E-state index contributed by atoms with van der Waals surface area (Å²) in [6, 6.07) is 13.1. The highest BCUT2D eigenvalue weighted by Gasteiger charge is 2.12. The summed E-state index contributed by atoms with van der Waals surface area (Å²) in [5.41, 5.74) is 4.01. The monoisotopic (exact) mass is 389 g/mol. The minimum atomic E-state index is -0.434. The van der Waals surface area contributed by atoms with E-state index in [1.807, 2.05) is 45.0 Å². The summed E-state index contributed by atoms with van der Waals surface area (Å²) in [5, 5.41) is 18.6. The fourth-order valence-corrected chi connectivity index (χ4v) is 4.18. The molecule has 0 aliphatic carbocycles. The predicted octanol–water partition coefficient (Wildman–Crippen LogP) is 2.99. The van der Waals surface area contributed by atoms with Crippen LogP contribution in [0.1, 0.15) is 22.3 Å². The van der Waals surface area contributed by atoms with Crippen LogP contribution in [0.4, 0.5) is 4.39 Å². The summed E-state index contributed by atoms with van der Waals surface area (Å²) in [4.78, 5) is 13.1. The van der Waals surface area contributed by atoms with E-state index in [1.54, 1.807) is 6.08 Å². The molecule has 0 aliphatic rings. The topological polar surface area (TPSA) is 69.6 Å². The van der Waals surface area contributed by atoms with Gasteiger partial charge in [-0.25, -0.2) is 4.39 Å². The molecule has 0 N–H and O–H groups in total. The van der Waals surface area contributed by atoms with Gasteiger partial charge in [-0.1, -0.05) is 17.7 Å². The molecule has 0 bridgehead atoms. The highest BCUT2D eigenvalue weighted by Crippen LogP contribution is 2.17. The van der Waals surface area contributed by atoms with E-state index in [1.165, 1.54) is 28.8 Å². The quantitative estimate of drug-likeness (QED) is 0.677. The van der Waals surface area contributed by atoms with E-state index in [-0.39, 0.29) is 15.8 Å². The molecule has 1 heterocycles. The second-order valence-corrected chi connectivity index (χ2v) is 7.47. The number of aromatic nitrogens is 1. The number of rotatable bonds is 2. The van der Waals surface area contributed by atoms with E-state index in [0.29, 0.717) is 10.2 Å². The third-order valence-electron chi connectivity index (χ3n) is 4.36.